The van der Waals surface area contributed by atoms with E-state index >= 15 is 0 Å². The lowest BCUT2D eigenvalue weighted by Gasteiger charge is -2.22. The van der Waals surface area contributed by atoms with Crippen LogP contribution in [0.3, 0.4) is 0 Å². The zero-order chi connectivity index (χ0) is 12.6. The van der Waals surface area contributed by atoms with Crippen molar-refractivity contribution in [3.8, 4) is 0 Å². The fourth-order valence-electron chi connectivity index (χ4n) is 1.41. The van der Waals surface area contributed by atoms with Crippen molar-refractivity contribution in [2.45, 2.75) is 59.0 Å². The molecule has 0 fully saturated rings. The van der Waals surface area contributed by atoms with Crippen molar-refractivity contribution in [2.75, 3.05) is 6.61 Å². The number of hydrogen-bond donors (Lipinski definition) is 1. The summed E-state index contributed by atoms with van der Waals surface area (Å²) in [4.78, 5) is 0. The van der Waals surface area contributed by atoms with E-state index in [0.29, 0.717) is 12.5 Å². The topological polar surface area (TPSA) is 61.5 Å². The quantitative estimate of drug-likeness (QED) is 0.501. The number of hydrogen-bond acceptors (Lipinski definition) is 4. The fraction of sp³-hybridized carbons (Fsp3) is 1.00. The second-order valence-electron chi connectivity index (χ2n) is 4.45. The minimum absolute atomic E-state index is 0.193. The van der Waals surface area contributed by atoms with Gasteiger partial charge in [-0.3, -0.25) is 4.57 Å². The van der Waals surface area contributed by atoms with Crippen LogP contribution >= 0.6 is 7.60 Å². The Morgan fingerprint density at radius 1 is 1.31 bits per heavy atom. The molecular weight excluding hydrogens is 225 g/mol. The Kier molecular flexibility index (Phi) is 8.29. The van der Waals surface area contributed by atoms with Crippen molar-refractivity contribution < 1.29 is 13.7 Å². The van der Waals surface area contributed by atoms with Gasteiger partial charge in [0.15, 0.2) is 0 Å². The van der Waals surface area contributed by atoms with Crippen molar-refractivity contribution in [3.05, 3.63) is 0 Å². The number of rotatable bonds is 9. The number of unbranched alkanes of at least 4 members (excludes halogenated alkanes) is 1. The Balaban J connectivity index is 4.12. The largest absolute Gasteiger partial charge is 0.349 e. The zero-order valence-corrected chi connectivity index (χ0v) is 11.8. The summed E-state index contributed by atoms with van der Waals surface area (Å²) >= 11 is 0. The summed E-state index contributed by atoms with van der Waals surface area (Å²) in [7, 11) is -3.09. The lowest BCUT2D eigenvalue weighted by molar-refractivity contribution is 0.169. The third kappa shape index (κ3) is 5.44. The molecule has 0 rings (SSSR count). The van der Waals surface area contributed by atoms with Gasteiger partial charge in [-0.1, -0.05) is 47.0 Å². The van der Waals surface area contributed by atoms with E-state index in [-0.39, 0.29) is 5.66 Å². The molecule has 0 saturated heterocycles. The zero-order valence-electron chi connectivity index (χ0n) is 10.9. The average molecular weight is 251 g/mol. The molecular formula is C11H26NO3P. The van der Waals surface area contributed by atoms with Gasteiger partial charge in [0.25, 0.3) is 0 Å². The molecule has 4 nitrogen and oxygen atoms in total. The van der Waals surface area contributed by atoms with E-state index in [1.165, 1.54) is 12.8 Å². The Labute approximate surface area is 99.4 Å². The van der Waals surface area contributed by atoms with Gasteiger partial charge >= 0.3 is 7.60 Å². The minimum Gasteiger partial charge on any atom is -0.307 e. The maximum absolute atomic E-state index is 12.0. The van der Waals surface area contributed by atoms with Crippen LogP contribution in [0.2, 0.25) is 0 Å². The van der Waals surface area contributed by atoms with E-state index in [4.69, 9.17) is 10.4 Å². The molecule has 0 aliphatic carbocycles. The van der Waals surface area contributed by atoms with Crippen molar-refractivity contribution in [2.24, 2.45) is 11.8 Å². The molecule has 0 aromatic heterocycles. The molecule has 5 heteroatoms. The second-order valence-corrected chi connectivity index (χ2v) is 7.03. The highest BCUT2D eigenvalue weighted by molar-refractivity contribution is 7.54. The van der Waals surface area contributed by atoms with Crippen LogP contribution in [-0.4, -0.2) is 12.3 Å². The molecule has 0 amide bonds. The van der Waals surface area contributed by atoms with Gasteiger partial charge in [-0.2, -0.15) is 0 Å². The summed E-state index contributed by atoms with van der Waals surface area (Å²) in [5, 5.41) is 0. The van der Waals surface area contributed by atoms with E-state index in [2.05, 4.69) is 18.5 Å². The molecule has 0 radical (unpaired) electrons. The first-order chi connectivity index (χ1) is 7.50. The highest BCUT2D eigenvalue weighted by atomic mass is 31.2. The van der Waals surface area contributed by atoms with Crippen LogP contribution in [0, 0.1) is 5.92 Å². The predicted octanol–water partition coefficient (Wildman–Crippen LogP) is 3.71. The average Bonchev–Trinajstić information content (AvgIpc) is 2.28. The van der Waals surface area contributed by atoms with Crippen molar-refractivity contribution in [3.63, 3.8) is 0 Å². The SMILES string of the molecule is CCCCC(CC)COP(=O)(ON)C(C)C. The van der Waals surface area contributed by atoms with E-state index in [0.717, 1.165) is 12.8 Å². The smallest absolute Gasteiger partial charge is 0.307 e. The van der Waals surface area contributed by atoms with Gasteiger partial charge in [0.1, 0.15) is 0 Å². The van der Waals surface area contributed by atoms with Gasteiger partial charge in [0.2, 0.25) is 0 Å². The molecule has 2 N–H and O–H groups in total. The molecule has 98 valence electrons. The van der Waals surface area contributed by atoms with Crippen LogP contribution in [0.4, 0.5) is 0 Å². The van der Waals surface area contributed by atoms with Gasteiger partial charge in [-0.05, 0) is 12.3 Å². The van der Waals surface area contributed by atoms with E-state index in [1.807, 2.05) is 0 Å². The monoisotopic (exact) mass is 251 g/mol. The Morgan fingerprint density at radius 2 is 1.94 bits per heavy atom. The summed E-state index contributed by atoms with van der Waals surface area (Å²) in [6.07, 6.45) is 4.49. The van der Waals surface area contributed by atoms with E-state index < -0.39 is 7.60 Å². The second kappa shape index (κ2) is 8.24. The molecule has 0 spiro atoms. The Hall–Kier alpha value is 0.110. The third-order valence-electron chi connectivity index (χ3n) is 2.81. The first-order valence-electron chi connectivity index (χ1n) is 6.12. The maximum atomic E-state index is 12.0. The van der Waals surface area contributed by atoms with Crippen LogP contribution in [0.5, 0.6) is 0 Å². The maximum Gasteiger partial charge on any atom is 0.349 e. The predicted molar refractivity (Wildman–Crippen MR) is 67.3 cm³/mol. The highest BCUT2D eigenvalue weighted by Crippen LogP contribution is 2.51. The van der Waals surface area contributed by atoms with Crippen LogP contribution in [0.25, 0.3) is 0 Å². The van der Waals surface area contributed by atoms with Gasteiger partial charge in [-0.15, -0.1) is 0 Å². The Bertz CT molecular complexity index is 221. The normalized spacial score (nSPS) is 17.4. The summed E-state index contributed by atoms with van der Waals surface area (Å²) in [6, 6.07) is 0. The first-order valence-corrected chi connectivity index (χ1v) is 7.74. The van der Waals surface area contributed by atoms with Crippen LogP contribution < -0.4 is 5.90 Å². The van der Waals surface area contributed by atoms with Crippen LogP contribution in [0.15, 0.2) is 0 Å². The highest BCUT2D eigenvalue weighted by Gasteiger charge is 2.29. The van der Waals surface area contributed by atoms with Gasteiger partial charge in [0.05, 0.1) is 12.3 Å². The fourth-order valence-corrected chi connectivity index (χ4v) is 2.43. The summed E-state index contributed by atoms with van der Waals surface area (Å²) < 4.78 is 21.9. The molecule has 0 bridgehead atoms. The lowest BCUT2D eigenvalue weighted by atomic mass is 10.0. The van der Waals surface area contributed by atoms with Crippen molar-refractivity contribution >= 4 is 7.60 Å². The van der Waals surface area contributed by atoms with Crippen molar-refractivity contribution in [1.29, 1.82) is 0 Å². The molecule has 0 saturated carbocycles. The van der Waals surface area contributed by atoms with Gasteiger partial charge in [0, 0.05) is 0 Å². The van der Waals surface area contributed by atoms with E-state index in [9.17, 15) is 4.57 Å². The molecule has 0 aromatic carbocycles. The minimum atomic E-state index is -3.09. The summed E-state index contributed by atoms with van der Waals surface area (Å²) in [5.41, 5.74) is -0.193. The van der Waals surface area contributed by atoms with E-state index in [1.54, 1.807) is 13.8 Å². The third-order valence-corrected chi connectivity index (χ3v) is 4.88. The summed E-state index contributed by atoms with van der Waals surface area (Å²) in [5.74, 6) is 5.49. The molecule has 0 aliphatic rings. The molecule has 2 atom stereocenters. The standard InChI is InChI=1S/C11H26NO3P/c1-5-7-8-11(6-2)9-14-16(13,15-12)10(3)4/h10-11H,5-9,12H2,1-4H3. The molecule has 0 aromatic rings. The molecule has 16 heavy (non-hydrogen) atoms. The van der Waals surface area contributed by atoms with Crippen LogP contribution in [0.1, 0.15) is 53.4 Å². The van der Waals surface area contributed by atoms with Gasteiger partial charge < -0.3 is 4.52 Å². The van der Waals surface area contributed by atoms with Crippen LogP contribution in [-0.2, 0) is 13.7 Å². The molecule has 2 unspecified atom stereocenters. The lowest BCUT2D eigenvalue weighted by Crippen LogP contribution is -2.14. The molecule has 0 aliphatic heterocycles. The summed E-state index contributed by atoms with van der Waals surface area (Å²) in [6.45, 7) is 8.34. The van der Waals surface area contributed by atoms with Crippen molar-refractivity contribution in [1.82, 2.24) is 0 Å². The van der Waals surface area contributed by atoms with Gasteiger partial charge in [-0.25, -0.2) is 10.5 Å². The Morgan fingerprint density at radius 3 is 2.31 bits per heavy atom. The number of nitrogens with two attached hydrogens (primary N) is 1. The first kappa shape index (κ1) is 16.1. The molecule has 0 heterocycles.